The first-order valence-corrected chi connectivity index (χ1v) is 10.4. The van der Waals surface area contributed by atoms with Crippen molar-refractivity contribution in [2.75, 3.05) is 19.6 Å². The van der Waals surface area contributed by atoms with Crippen LogP contribution < -0.4 is 10.9 Å². The van der Waals surface area contributed by atoms with E-state index in [1.807, 2.05) is 18.7 Å². The fourth-order valence-electron chi connectivity index (χ4n) is 4.67. The summed E-state index contributed by atoms with van der Waals surface area (Å²) in [6, 6.07) is 9.07. The summed E-state index contributed by atoms with van der Waals surface area (Å²) in [5.41, 5.74) is 10.4. The second-order valence-electron chi connectivity index (χ2n) is 8.02. The summed E-state index contributed by atoms with van der Waals surface area (Å²) in [6.45, 7) is 8.51. The molecule has 1 aromatic carbocycles. The van der Waals surface area contributed by atoms with E-state index in [0.29, 0.717) is 41.6 Å². The van der Waals surface area contributed by atoms with Crippen LogP contribution in [0.2, 0.25) is 0 Å². The van der Waals surface area contributed by atoms with Gasteiger partial charge in [0.15, 0.2) is 5.89 Å². The minimum atomic E-state index is -0.0175. The highest BCUT2D eigenvalue weighted by molar-refractivity contribution is 5.92. The highest BCUT2D eigenvalue weighted by Crippen LogP contribution is 2.34. The molecule has 3 heterocycles. The molecule has 2 aromatic rings. The summed E-state index contributed by atoms with van der Waals surface area (Å²) >= 11 is 0. The number of benzene rings is 1. The third-order valence-electron chi connectivity index (χ3n) is 6.28. The molecule has 0 bridgehead atoms. The van der Waals surface area contributed by atoms with Gasteiger partial charge in [-0.25, -0.2) is 4.98 Å². The predicted octanol–water partition coefficient (Wildman–Crippen LogP) is 2.97. The van der Waals surface area contributed by atoms with Crippen molar-refractivity contribution in [3.63, 3.8) is 0 Å². The van der Waals surface area contributed by atoms with Gasteiger partial charge in [-0.05, 0) is 43.7 Å². The molecule has 4 rings (SSSR count). The number of piperidine rings is 1. The molecular formula is C22H30N4O2. The molecule has 2 fully saturated rings. The molecular weight excluding hydrogens is 352 g/mol. The van der Waals surface area contributed by atoms with Gasteiger partial charge < -0.3 is 9.32 Å². The van der Waals surface area contributed by atoms with Crippen LogP contribution in [0.15, 0.2) is 28.7 Å². The van der Waals surface area contributed by atoms with E-state index in [0.717, 1.165) is 32.5 Å². The van der Waals surface area contributed by atoms with Crippen molar-refractivity contribution in [1.82, 2.24) is 20.7 Å². The highest BCUT2D eigenvalue weighted by atomic mass is 16.4. The molecule has 6 nitrogen and oxygen atoms in total. The van der Waals surface area contributed by atoms with Gasteiger partial charge in [0.05, 0.1) is 5.69 Å². The number of nitrogens with zero attached hydrogens (tertiary/aromatic N) is 2. The first-order chi connectivity index (χ1) is 13.6. The Labute approximate surface area is 166 Å². The molecule has 2 atom stereocenters. The van der Waals surface area contributed by atoms with Crippen molar-refractivity contribution in [2.45, 2.75) is 52.0 Å². The van der Waals surface area contributed by atoms with Gasteiger partial charge in [-0.15, -0.1) is 0 Å². The lowest BCUT2D eigenvalue weighted by Crippen LogP contribution is -2.45. The van der Waals surface area contributed by atoms with Crippen molar-refractivity contribution in [3.05, 3.63) is 52.7 Å². The number of aromatic nitrogens is 1. The summed E-state index contributed by atoms with van der Waals surface area (Å²) in [6.07, 6.45) is 2.71. The standard InChI is InChI=1S/C22H30N4O2/c1-4-19-24-15(3)21(28-19)22(27)26-11-9-16(10-12-26)20-18(13-23-25-20)17-8-6-5-7-14(17)2/h5-8,16,18,20,23,25H,4,9-13H2,1-3H3. The summed E-state index contributed by atoms with van der Waals surface area (Å²) < 4.78 is 5.67. The SMILES string of the molecule is CCc1nc(C)c(C(=O)N2CCC(C3NNCC3c3ccccc3C)CC2)o1. The molecule has 2 saturated heterocycles. The van der Waals surface area contributed by atoms with Crippen LogP contribution in [0.5, 0.6) is 0 Å². The lowest BCUT2D eigenvalue weighted by molar-refractivity contribution is 0.0635. The average molecular weight is 383 g/mol. The maximum absolute atomic E-state index is 12.9. The number of carbonyl (C=O) groups is 1. The molecule has 150 valence electrons. The summed E-state index contributed by atoms with van der Waals surface area (Å²) in [5, 5.41) is 0. The second kappa shape index (κ2) is 8.05. The van der Waals surface area contributed by atoms with E-state index in [9.17, 15) is 4.79 Å². The zero-order chi connectivity index (χ0) is 19.7. The zero-order valence-electron chi connectivity index (χ0n) is 17.0. The first kappa shape index (κ1) is 19.2. The van der Waals surface area contributed by atoms with Crippen molar-refractivity contribution in [1.29, 1.82) is 0 Å². The summed E-state index contributed by atoms with van der Waals surface area (Å²) in [5.74, 6) is 2.05. The molecule has 0 radical (unpaired) electrons. The number of likely N-dealkylation sites (tertiary alicyclic amines) is 1. The van der Waals surface area contributed by atoms with Crippen LogP contribution in [0.3, 0.4) is 0 Å². The van der Waals surface area contributed by atoms with E-state index in [4.69, 9.17) is 4.42 Å². The fourth-order valence-corrected chi connectivity index (χ4v) is 4.67. The highest BCUT2D eigenvalue weighted by Gasteiger charge is 2.38. The number of hydrazine groups is 1. The minimum Gasteiger partial charge on any atom is -0.435 e. The monoisotopic (exact) mass is 382 g/mol. The number of amides is 1. The van der Waals surface area contributed by atoms with Gasteiger partial charge in [-0.2, -0.15) is 0 Å². The van der Waals surface area contributed by atoms with E-state index >= 15 is 0 Å². The van der Waals surface area contributed by atoms with Gasteiger partial charge in [-0.3, -0.25) is 15.6 Å². The fraction of sp³-hybridized carbons (Fsp3) is 0.545. The number of oxazole rings is 1. The van der Waals surface area contributed by atoms with Crippen LogP contribution in [-0.4, -0.2) is 41.5 Å². The van der Waals surface area contributed by atoms with Gasteiger partial charge in [-0.1, -0.05) is 31.2 Å². The Morgan fingerprint density at radius 1 is 1.25 bits per heavy atom. The maximum atomic E-state index is 12.9. The number of hydrogen-bond donors (Lipinski definition) is 2. The van der Waals surface area contributed by atoms with Crippen molar-refractivity contribution in [3.8, 4) is 0 Å². The van der Waals surface area contributed by atoms with Gasteiger partial charge in [0.25, 0.3) is 5.91 Å². The molecule has 0 saturated carbocycles. The Kier molecular flexibility index (Phi) is 5.51. The molecule has 6 heteroatoms. The van der Waals surface area contributed by atoms with Crippen molar-refractivity contribution in [2.24, 2.45) is 5.92 Å². The summed E-state index contributed by atoms with van der Waals surface area (Å²) in [7, 11) is 0. The second-order valence-corrected chi connectivity index (χ2v) is 8.02. The largest absolute Gasteiger partial charge is 0.435 e. The van der Waals surface area contributed by atoms with Crippen LogP contribution in [0.25, 0.3) is 0 Å². The number of aryl methyl sites for hydroxylation is 3. The first-order valence-electron chi connectivity index (χ1n) is 10.4. The van der Waals surface area contributed by atoms with Crippen LogP contribution in [-0.2, 0) is 6.42 Å². The normalized spacial score (nSPS) is 23.3. The van der Waals surface area contributed by atoms with Crippen molar-refractivity contribution < 1.29 is 9.21 Å². The Balaban J connectivity index is 1.41. The van der Waals surface area contributed by atoms with E-state index in [2.05, 4.69) is 47.0 Å². The molecule has 0 spiro atoms. The van der Waals surface area contributed by atoms with Crippen molar-refractivity contribution >= 4 is 5.91 Å². The third kappa shape index (κ3) is 3.59. The molecule has 1 aromatic heterocycles. The third-order valence-corrected chi connectivity index (χ3v) is 6.28. The van der Waals surface area contributed by atoms with E-state index in [-0.39, 0.29) is 5.91 Å². The molecule has 28 heavy (non-hydrogen) atoms. The quantitative estimate of drug-likeness (QED) is 0.851. The van der Waals surface area contributed by atoms with Gasteiger partial charge in [0, 0.05) is 38.0 Å². The van der Waals surface area contributed by atoms with Crippen LogP contribution in [0.4, 0.5) is 0 Å². The Hall–Kier alpha value is -2.18. The molecule has 2 aliphatic rings. The topological polar surface area (TPSA) is 70.4 Å². The number of rotatable bonds is 4. The number of carbonyl (C=O) groups excluding carboxylic acids is 1. The van der Waals surface area contributed by atoms with E-state index in [1.165, 1.54) is 11.1 Å². The van der Waals surface area contributed by atoms with Gasteiger partial charge >= 0.3 is 0 Å². The lowest BCUT2D eigenvalue weighted by atomic mass is 9.79. The van der Waals surface area contributed by atoms with Gasteiger partial charge in [0.1, 0.15) is 0 Å². The number of hydrogen-bond acceptors (Lipinski definition) is 5. The van der Waals surface area contributed by atoms with Gasteiger partial charge in [0.2, 0.25) is 5.76 Å². The van der Waals surface area contributed by atoms with Crippen LogP contribution >= 0.6 is 0 Å². The molecule has 0 aliphatic carbocycles. The smallest absolute Gasteiger partial charge is 0.291 e. The van der Waals surface area contributed by atoms with E-state index in [1.54, 1.807) is 0 Å². The molecule has 2 N–H and O–H groups in total. The Bertz CT molecular complexity index is 839. The van der Waals surface area contributed by atoms with E-state index < -0.39 is 0 Å². The predicted molar refractivity (Wildman–Crippen MR) is 108 cm³/mol. The van der Waals surface area contributed by atoms with Crippen LogP contribution in [0.1, 0.15) is 58.9 Å². The van der Waals surface area contributed by atoms with Crippen LogP contribution in [0, 0.1) is 19.8 Å². The zero-order valence-corrected chi connectivity index (χ0v) is 17.0. The average Bonchev–Trinajstić information content (AvgIpc) is 3.34. The minimum absolute atomic E-state index is 0.0175. The lowest BCUT2D eigenvalue weighted by Gasteiger charge is -2.36. The summed E-state index contributed by atoms with van der Waals surface area (Å²) in [4.78, 5) is 19.1. The Morgan fingerprint density at radius 3 is 2.68 bits per heavy atom. The molecule has 2 aliphatic heterocycles. The number of nitrogens with one attached hydrogen (secondary N) is 2. The molecule has 2 unspecified atom stereocenters. The molecule has 1 amide bonds. The maximum Gasteiger partial charge on any atom is 0.291 e. The Morgan fingerprint density at radius 2 is 2.00 bits per heavy atom.